The highest BCUT2D eigenvalue weighted by molar-refractivity contribution is 5.88. The molecule has 0 radical (unpaired) electrons. The highest BCUT2D eigenvalue weighted by Crippen LogP contribution is 2.26. The minimum Gasteiger partial charge on any atom is -0.497 e. The fraction of sp³-hybridized carbons (Fsp3) is 0.360. The summed E-state index contributed by atoms with van der Waals surface area (Å²) < 4.78 is 13.1. The first-order valence-electron chi connectivity index (χ1n) is 11.0. The minimum atomic E-state index is 0.143. The number of benzene rings is 1. The zero-order valence-corrected chi connectivity index (χ0v) is 18.8. The van der Waals surface area contributed by atoms with E-state index in [0.717, 1.165) is 66.3 Å². The van der Waals surface area contributed by atoms with Gasteiger partial charge in [-0.1, -0.05) is 0 Å². The molecule has 0 atom stereocenters. The number of ether oxygens (including phenoxy) is 1. The van der Waals surface area contributed by atoms with Gasteiger partial charge in [-0.15, -0.1) is 0 Å². The minimum absolute atomic E-state index is 0.143. The molecule has 3 aromatic heterocycles. The number of carbonyl (C=O) groups excluding carboxylic acids is 1. The van der Waals surface area contributed by atoms with Gasteiger partial charge >= 0.3 is 0 Å². The number of rotatable bonds is 5. The van der Waals surface area contributed by atoms with Crippen LogP contribution in [-0.2, 0) is 17.8 Å². The third-order valence-electron chi connectivity index (χ3n) is 6.38. The summed E-state index contributed by atoms with van der Waals surface area (Å²) in [7, 11) is 1.63. The van der Waals surface area contributed by atoms with Crippen molar-refractivity contribution in [3.05, 3.63) is 65.3 Å². The van der Waals surface area contributed by atoms with E-state index in [4.69, 9.17) is 14.1 Å². The molecule has 1 aliphatic heterocycles. The Balaban J connectivity index is 1.21. The SMILES string of the molecule is COc1ccc2c(CC(=O)N3CCN(Cc4c(C)nc5cc(C)ccn45)CC3)coc2c1. The van der Waals surface area contributed by atoms with Gasteiger partial charge in [-0.25, -0.2) is 4.98 Å². The summed E-state index contributed by atoms with van der Waals surface area (Å²) in [5.74, 6) is 0.891. The first-order chi connectivity index (χ1) is 15.5. The molecule has 32 heavy (non-hydrogen) atoms. The standard InChI is InChI=1S/C25H28N4O3/c1-17-6-7-29-22(18(2)26-24(29)12-17)15-27-8-10-28(11-9-27)25(30)13-19-16-32-23-14-20(31-3)4-5-21(19)23/h4-7,12,14,16H,8-11,13,15H2,1-3H3. The van der Waals surface area contributed by atoms with Gasteiger partial charge in [0, 0.05) is 55.9 Å². The van der Waals surface area contributed by atoms with Crippen LogP contribution in [0.15, 0.2) is 47.2 Å². The highest BCUT2D eigenvalue weighted by Gasteiger charge is 2.23. The summed E-state index contributed by atoms with van der Waals surface area (Å²) in [6.45, 7) is 8.17. The maximum absolute atomic E-state index is 12.9. The number of pyridine rings is 1. The molecule has 1 fully saturated rings. The first-order valence-corrected chi connectivity index (χ1v) is 11.0. The molecule has 0 N–H and O–H groups in total. The predicted molar refractivity (Wildman–Crippen MR) is 123 cm³/mol. The molecule has 4 aromatic rings. The Morgan fingerprint density at radius 2 is 1.94 bits per heavy atom. The van der Waals surface area contributed by atoms with Gasteiger partial charge in [-0.3, -0.25) is 9.69 Å². The van der Waals surface area contributed by atoms with Crippen molar-refractivity contribution in [3.63, 3.8) is 0 Å². The third-order valence-corrected chi connectivity index (χ3v) is 6.38. The molecular formula is C25H28N4O3. The molecule has 0 spiro atoms. The number of aromatic nitrogens is 2. The van der Waals surface area contributed by atoms with Gasteiger partial charge in [-0.2, -0.15) is 0 Å². The predicted octanol–water partition coefficient (Wildman–Crippen LogP) is 3.59. The van der Waals surface area contributed by atoms with Gasteiger partial charge in [0.15, 0.2) is 0 Å². The molecule has 1 saturated heterocycles. The van der Waals surface area contributed by atoms with E-state index in [1.54, 1.807) is 13.4 Å². The molecule has 0 saturated carbocycles. The zero-order valence-electron chi connectivity index (χ0n) is 18.8. The second-order valence-electron chi connectivity index (χ2n) is 8.53. The molecule has 5 rings (SSSR count). The Labute approximate surface area is 187 Å². The normalized spacial score (nSPS) is 15.0. The molecule has 0 bridgehead atoms. The smallest absolute Gasteiger partial charge is 0.227 e. The van der Waals surface area contributed by atoms with Crippen molar-refractivity contribution < 1.29 is 13.9 Å². The number of carbonyl (C=O) groups is 1. The summed E-state index contributed by atoms with van der Waals surface area (Å²) in [6.07, 6.45) is 4.14. The number of piperazine rings is 1. The van der Waals surface area contributed by atoms with Crippen molar-refractivity contribution in [1.29, 1.82) is 0 Å². The lowest BCUT2D eigenvalue weighted by atomic mass is 10.1. The Bertz CT molecular complexity index is 1280. The molecule has 7 nitrogen and oxygen atoms in total. The van der Waals surface area contributed by atoms with E-state index in [1.807, 2.05) is 23.1 Å². The number of hydrogen-bond acceptors (Lipinski definition) is 5. The van der Waals surface area contributed by atoms with Crippen molar-refractivity contribution in [2.24, 2.45) is 0 Å². The van der Waals surface area contributed by atoms with Gasteiger partial charge in [0.25, 0.3) is 0 Å². The van der Waals surface area contributed by atoms with Gasteiger partial charge in [-0.05, 0) is 43.7 Å². The van der Waals surface area contributed by atoms with Crippen LogP contribution in [0, 0.1) is 13.8 Å². The maximum atomic E-state index is 12.9. The van der Waals surface area contributed by atoms with E-state index >= 15 is 0 Å². The highest BCUT2D eigenvalue weighted by atomic mass is 16.5. The molecule has 0 aliphatic carbocycles. The average Bonchev–Trinajstić information content (AvgIpc) is 3.33. The molecule has 1 amide bonds. The zero-order chi connectivity index (χ0) is 22.2. The Hall–Kier alpha value is -3.32. The van der Waals surface area contributed by atoms with Crippen molar-refractivity contribution in [2.45, 2.75) is 26.8 Å². The van der Waals surface area contributed by atoms with Crippen LogP contribution in [0.2, 0.25) is 0 Å². The Morgan fingerprint density at radius 1 is 1.12 bits per heavy atom. The topological polar surface area (TPSA) is 63.2 Å². The van der Waals surface area contributed by atoms with Crippen LogP contribution >= 0.6 is 0 Å². The molecule has 1 aromatic carbocycles. The van der Waals surface area contributed by atoms with Crippen molar-refractivity contribution >= 4 is 22.5 Å². The lowest BCUT2D eigenvalue weighted by molar-refractivity contribution is -0.132. The van der Waals surface area contributed by atoms with Gasteiger partial charge in [0.05, 0.1) is 31.2 Å². The molecule has 1 aliphatic rings. The second kappa shape index (κ2) is 8.31. The van der Waals surface area contributed by atoms with Crippen molar-refractivity contribution in [3.8, 4) is 5.75 Å². The van der Waals surface area contributed by atoms with E-state index in [0.29, 0.717) is 6.42 Å². The van der Waals surface area contributed by atoms with Gasteiger partial charge < -0.3 is 18.5 Å². The molecule has 4 heterocycles. The Morgan fingerprint density at radius 3 is 2.72 bits per heavy atom. The number of fused-ring (bicyclic) bond motifs is 2. The van der Waals surface area contributed by atoms with Gasteiger partial charge in [0.2, 0.25) is 5.91 Å². The first kappa shape index (κ1) is 20.6. The van der Waals surface area contributed by atoms with E-state index in [-0.39, 0.29) is 5.91 Å². The van der Waals surface area contributed by atoms with Crippen molar-refractivity contribution in [2.75, 3.05) is 33.3 Å². The lowest BCUT2D eigenvalue weighted by Crippen LogP contribution is -2.48. The summed E-state index contributed by atoms with van der Waals surface area (Å²) >= 11 is 0. The largest absolute Gasteiger partial charge is 0.497 e. The summed E-state index contributed by atoms with van der Waals surface area (Å²) in [5, 5.41) is 0.969. The number of hydrogen-bond donors (Lipinski definition) is 0. The average molecular weight is 433 g/mol. The van der Waals surface area contributed by atoms with Crippen LogP contribution < -0.4 is 4.74 Å². The van der Waals surface area contributed by atoms with Crippen LogP contribution in [0.4, 0.5) is 0 Å². The molecule has 166 valence electrons. The second-order valence-corrected chi connectivity index (χ2v) is 8.53. The fourth-order valence-corrected chi connectivity index (χ4v) is 4.47. The lowest BCUT2D eigenvalue weighted by Gasteiger charge is -2.34. The number of amides is 1. The van der Waals surface area contributed by atoms with Crippen LogP contribution in [0.5, 0.6) is 5.75 Å². The van der Waals surface area contributed by atoms with Crippen LogP contribution in [0.25, 0.3) is 16.6 Å². The van der Waals surface area contributed by atoms with E-state index < -0.39 is 0 Å². The Kier molecular flexibility index (Phi) is 5.35. The van der Waals surface area contributed by atoms with Crippen LogP contribution in [0.1, 0.15) is 22.5 Å². The van der Waals surface area contributed by atoms with E-state index in [9.17, 15) is 4.79 Å². The van der Waals surface area contributed by atoms with Gasteiger partial charge in [0.1, 0.15) is 17.0 Å². The summed E-state index contributed by atoms with van der Waals surface area (Å²) in [6, 6.07) is 9.93. The monoisotopic (exact) mass is 432 g/mol. The number of methoxy groups -OCH3 is 1. The number of nitrogens with zero attached hydrogens (tertiary/aromatic N) is 4. The van der Waals surface area contributed by atoms with Crippen LogP contribution in [-0.4, -0.2) is 58.4 Å². The van der Waals surface area contributed by atoms with Crippen molar-refractivity contribution in [1.82, 2.24) is 19.2 Å². The molecule has 0 unspecified atom stereocenters. The molecular weight excluding hydrogens is 404 g/mol. The quantitative estimate of drug-likeness (QED) is 0.482. The number of furan rings is 1. The van der Waals surface area contributed by atoms with Crippen LogP contribution in [0.3, 0.4) is 0 Å². The number of aryl methyl sites for hydroxylation is 2. The number of imidazole rings is 1. The maximum Gasteiger partial charge on any atom is 0.227 e. The van der Waals surface area contributed by atoms with E-state index in [1.165, 1.54) is 11.3 Å². The summed E-state index contributed by atoms with van der Waals surface area (Å²) in [5.41, 5.74) is 6.17. The summed E-state index contributed by atoms with van der Waals surface area (Å²) in [4.78, 5) is 22.0. The molecule has 7 heteroatoms. The third kappa shape index (κ3) is 3.84. The van der Waals surface area contributed by atoms with E-state index in [2.05, 4.69) is 41.5 Å². The fourth-order valence-electron chi connectivity index (χ4n) is 4.47.